The summed E-state index contributed by atoms with van der Waals surface area (Å²) >= 11 is 3.13. The van der Waals surface area contributed by atoms with Crippen molar-refractivity contribution >= 4 is 15.9 Å². The number of rotatable bonds is 4. The Labute approximate surface area is 122 Å². The molecule has 0 amide bonds. The van der Waals surface area contributed by atoms with E-state index in [4.69, 9.17) is 4.74 Å². The van der Waals surface area contributed by atoms with E-state index in [1.54, 1.807) is 12.1 Å². The van der Waals surface area contributed by atoms with Crippen LogP contribution in [-0.2, 0) is 18.1 Å². The Bertz CT molecular complexity index is 576. The van der Waals surface area contributed by atoms with Gasteiger partial charge in [-0.05, 0) is 23.8 Å². The number of benzene rings is 1. The van der Waals surface area contributed by atoms with Crippen LogP contribution in [0, 0.1) is 0 Å². The highest BCUT2D eigenvalue weighted by molar-refractivity contribution is 9.08. The van der Waals surface area contributed by atoms with Gasteiger partial charge in [-0.25, -0.2) is 9.97 Å². The van der Waals surface area contributed by atoms with Gasteiger partial charge in [-0.1, -0.05) is 22.0 Å². The summed E-state index contributed by atoms with van der Waals surface area (Å²) in [5.41, 5.74) is -0.272. The summed E-state index contributed by atoms with van der Waals surface area (Å²) in [7, 11) is 0. The molecule has 0 N–H and O–H groups in total. The highest BCUT2D eigenvalue weighted by Gasteiger charge is 2.34. The largest absolute Gasteiger partial charge is 0.485 e. The third-order valence-electron chi connectivity index (χ3n) is 2.48. The molecule has 1 aromatic carbocycles. The first-order chi connectivity index (χ1) is 9.50. The fourth-order valence-electron chi connectivity index (χ4n) is 1.55. The second-order valence-electron chi connectivity index (χ2n) is 3.92. The van der Waals surface area contributed by atoms with Crippen LogP contribution in [0.2, 0.25) is 0 Å². The maximum Gasteiger partial charge on any atom is 0.419 e. The minimum absolute atomic E-state index is 0.114. The molecule has 0 saturated heterocycles. The molecule has 2 aromatic rings. The third kappa shape index (κ3) is 3.69. The Morgan fingerprint density at radius 3 is 2.45 bits per heavy atom. The minimum atomic E-state index is -4.47. The molecule has 0 aliphatic rings. The lowest BCUT2D eigenvalue weighted by molar-refractivity contribution is -0.139. The normalized spacial score (nSPS) is 11.4. The molecule has 0 spiro atoms. The molecule has 3 nitrogen and oxygen atoms in total. The first kappa shape index (κ1) is 14.8. The van der Waals surface area contributed by atoms with Crippen LogP contribution in [0.5, 0.6) is 5.75 Å². The lowest BCUT2D eigenvalue weighted by Crippen LogP contribution is -2.10. The Hall–Kier alpha value is -1.63. The van der Waals surface area contributed by atoms with Crippen molar-refractivity contribution in [1.82, 2.24) is 9.97 Å². The Morgan fingerprint density at radius 1 is 1.15 bits per heavy atom. The van der Waals surface area contributed by atoms with E-state index in [9.17, 15) is 13.2 Å². The van der Waals surface area contributed by atoms with Crippen LogP contribution in [0.4, 0.5) is 13.2 Å². The Kier molecular flexibility index (Phi) is 4.59. The first-order valence-corrected chi connectivity index (χ1v) is 6.77. The van der Waals surface area contributed by atoms with Crippen molar-refractivity contribution in [3.05, 3.63) is 53.6 Å². The number of aromatic nitrogens is 2. The van der Waals surface area contributed by atoms with Gasteiger partial charge in [0, 0.05) is 17.7 Å². The van der Waals surface area contributed by atoms with E-state index in [-0.39, 0.29) is 12.4 Å². The smallest absolute Gasteiger partial charge is 0.419 e. The van der Waals surface area contributed by atoms with Crippen molar-refractivity contribution in [3.8, 4) is 5.75 Å². The molecule has 0 aliphatic heterocycles. The average molecular weight is 347 g/mol. The van der Waals surface area contributed by atoms with Gasteiger partial charge in [-0.2, -0.15) is 13.2 Å². The molecule has 106 valence electrons. The van der Waals surface area contributed by atoms with E-state index in [0.717, 1.165) is 6.07 Å². The van der Waals surface area contributed by atoms with Crippen LogP contribution in [-0.4, -0.2) is 9.97 Å². The highest BCUT2D eigenvalue weighted by atomic mass is 79.9. The fourth-order valence-corrected chi connectivity index (χ4v) is 1.90. The summed E-state index contributed by atoms with van der Waals surface area (Å²) in [6.07, 6.45) is -1.46. The van der Waals surface area contributed by atoms with Crippen LogP contribution >= 0.6 is 15.9 Å². The van der Waals surface area contributed by atoms with E-state index in [0.29, 0.717) is 16.7 Å². The summed E-state index contributed by atoms with van der Waals surface area (Å²) < 4.78 is 44.1. The van der Waals surface area contributed by atoms with Crippen LogP contribution in [0.3, 0.4) is 0 Å². The SMILES string of the molecule is FC(F)(F)c1cc(CBr)ccc1OCc1ncccn1. The zero-order chi connectivity index (χ0) is 14.6. The number of halogens is 4. The molecule has 0 atom stereocenters. The van der Waals surface area contributed by atoms with Gasteiger partial charge < -0.3 is 4.74 Å². The molecule has 7 heteroatoms. The van der Waals surface area contributed by atoms with Crippen molar-refractivity contribution in [2.75, 3.05) is 0 Å². The second kappa shape index (κ2) is 6.21. The van der Waals surface area contributed by atoms with Crippen LogP contribution < -0.4 is 4.74 Å². The molecule has 0 saturated carbocycles. The second-order valence-corrected chi connectivity index (χ2v) is 4.48. The molecule has 0 fully saturated rings. The third-order valence-corrected chi connectivity index (χ3v) is 3.13. The first-order valence-electron chi connectivity index (χ1n) is 5.65. The van der Waals surface area contributed by atoms with E-state index in [1.165, 1.54) is 18.5 Å². The Balaban J connectivity index is 2.23. The van der Waals surface area contributed by atoms with Gasteiger partial charge in [0.1, 0.15) is 12.4 Å². The van der Waals surface area contributed by atoms with Crippen molar-refractivity contribution in [3.63, 3.8) is 0 Å². The number of ether oxygens (including phenoxy) is 1. The molecule has 0 unspecified atom stereocenters. The minimum Gasteiger partial charge on any atom is -0.485 e. The van der Waals surface area contributed by atoms with Crippen molar-refractivity contribution in [2.24, 2.45) is 0 Å². The maximum absolute atomic E-state index is 13.0. The number of nitrogens with zero attached hydrogens (tertiary/aromatic N) is 2. The lowest BCUT2D eigenvalue weighted by atomic mass is 10.1. The van der Waals surface area contributed by atoms with Crippen molar-refractivity contribution in [2.45, 2.75) is 18.1 Å². The predicted molar refractivity (Wildman–Crippen MR) is 70.4 cm³/mol. The molecule has 20 heavy (non-hydrogen) atoms. The molecule has 1 heterocycles. The summed E-state index contributed by atoms with van der Waals surface area (Å²) in [6, 6.07) is 5.57. The zero-order valence-corrected chi connectivity index (χ0v) is 11.8. The fraction of sp³-hybridized carbons (Fsp3) is 0.231. The van der Waals surface area contributed by atoms with Crippen molar-refractivity contribution < 1.29 is 17.9 Å². The van der Waals surface area contributed by atoms with Gasteiger partial charge in [-0.15, -0.1) is 0 Å². The van der Waals surface area contributed by atoms with Gasteiger partial charge in [-0.3, -0.25) is 0 Å². The maximum atomic E-state index is 13.0. The molecule has 1 aromatic heterocycles. The molecule has 0 aliphatic carbocycles. The van der Waals surface area contributed by atoms with E-state index in [2.05, 4.69) is 25.9 Å². The molecule has 0 radical (unpaired) electrons. The monoisotopic (exact) mass is 346 g/mol. The van der Waals surface area contributed by atoms with Gasteiger partial charge in [0.05, 0.1) is 5.56 Å². The van der Waals surface area contributed by atoms with Gasteiger partial charge in [0.25, 0.3) is 0 Å². The number of hydrogen-bond donors (Lipinski definition) is 0. The van der Waals surface area contributed by atoms with E-state index < -0.39 is 11.7 Å². The summed E-state index contributed by atoms with van der Waals surface area (Å²) in [4.78, 5) is 7.79. The molecular weight excluding hydrogens is 337 g/mol. The predicted octanol–water partition coefficient (Wildman–Crippen LogP) is 3.97. The topological polar surface area (TPSA) is 35.0 Å². The van der Waals surface area contributed by atoms with Crippen LogP contribution in [0.1, 0.15) is 17.0 Å². The summed E-state index contributed by atoms with van der Waals surface area (Å²) in [5.74, 6) is 0.0971. The van der Waals surface area contributed by atoms with Crippen LogP contribution in [0.25, 0.3) is 0 Å². The van der Waals surface area contributed by atoms with E-state index in [1.807, 2.05) is 0 Å². The molecule has 2 rings (SSSR count). The quantitative estimate of drug-likeness (QED) is 0.785. The standard InChI is InChI=1S/C13H10BrF3N2O/c14-7-9-2-3-11(10(6-9)13(15,16)17)20-8-12-18-4-1-5-19-12/h1-6H,7-8H2. The van der Waals surface area contributed by atoms with Crippen molar-refractivity contribution in [1.29, 1.82) is 0 Å². The number of hydrogen-bond acceptors (Lipinski definition) is 3. The highest BCUT2D eigenvalue weighted by Crippen LogP contribution is 2.37. The molecular formula is C13H10BrF3N2O. The number of alkyl halides is 4. The average Bonchev–Trinajstić information content (AvgIpc) is 2.45. The summed E-state index contributed by atoms with van der Waals surface area (Å²) in [5, 5.41) is 0.345. The molecule has 0 bridgehead atoms. The lowest BCUT2D eigenvalue weighted by Gasteiger charge is -2.14. The van der Waals surface area contributed by atoms with Gasteiger partial charge in [0.2, 0.25) is 0 Å². The zero-order valence-electron chi connectivity index (χ0n) is 10.2. The van der Waals surface area contributed by atoms with Gasteiger partial charge in [0.15, 0.2) is 5.82 Å². The van der Waals surface area contributed by atoms with Gasteiger partial charge >= 0.3 is 6.18 Å². The Morgan fingerprint density at radius 2 is 1.85 bits per heavy atom. The van der Waals surface area contributed by atoms with E-state index >= 15 is 0 Å². The van der Waals surface area contributed by atoms with Crippen LogP contribution in [0.15, 0.2) is 36.7 Å². The summed E-state index contributed by atoms with van der Waals surface area (Å²) in [6.45, 7) is -0.114.